The number of fused-ring (bicyclic) bond motifs is 1. The summed E-state index contributed by atoms with van der Waals surface area (Å²) in [6.45, 7) is 2.00. The molecule has 1 N–H and O–H groups in total. The number of carbonyl (C=O) groups excluding carboxylic acids is 2. The first-order chi connectivity index (χ1) is 8.65. The number of ether oxygens (including phenoxy) is 1. The Kier molecular flexibility index (Phi) is 2.80. The van der Waals surface area contributed by atoms with Crippen molar-refractivity contribution in [2.75, 3.05) is 5.32 Å². The second-order valence-corrected chi connectivity index (χ2v) is 4.36. The number of cyclic esters (lactones) is 1. The second-order valence-electron chi connectivity index (χ2n) is 4.36. The molecule has 1 atom stereocenters. The van der Waals surface area contributed by atoms with Gasteiger partial charge in [-0.05, 0) is 32.0 Å². The molecule has 0 fully saturated rings. The maximum absolute atomic E-state index is 13.1. The molecule has 1 unspecified atom stereocenters. The average molecular weight is 273 g/mol. The number of carbonyl (C=O) groups is 2. The Balaban J connectivity index is 2.67. The third-order valence-corrected chi connectivity index (χ3v) is 3.01. The first-order valence-corrected chi connectivity index (χ1v) is 5.37. The van der Waals surface area contributed by atoms with Gasteiger partial charge in [0.15, 0.2) is 5.78 Å². The molecule has 7 heteroatoms. The van der Waals surface area contributed by atoms with E-state index in [1.807, 2.05) is 0 Å². The van der Waals surface area contributed by atoms with E-state index in [4.69, 9.17) is 0 Å². The number of rotatable bonds is 1. The van der Waals surface area contributed by atoms with E-state index in [1.54, 1.807) is 0 Å². The van der Waals surface area contributed by atoms with Crippen LogP contribution < -0.4 is 5.32 Å². The fourth-order valence-electron chi connectivity index (χ4n) is 1.85. The highest BCUT2D eigenvalue weighted by Gasteiger charge is 2.58. The molecule has 0 aromatic heterocycles. The summed E-state index contributed by atoms with van der Waals surface area (Å²) in [6, 6.07) is 3.70. The summed E-state index contributed by atoms with van der Waals surface area (Å²) in [5.41, 5.74) is -2.95. The molecule has 0 saturated heterocycles. The molecule has 1 aliphatic heterocycles. The van der Waals surface area contributed by atoms with Crippen LogP contribution in [0.1, 0.15) is 29.8 Å². The summed E-state index contributed by atoms with van der Waals surface area (Å²) < 4.78 is 43.8. The Labute approximate surface area is 106 Å². The van der Waals surface area contributed by atoms with Crippen LogP contribution >= 0.6 is 0 Å². The number of nitrogens with one attached hydrogen (secondary N) is 1. The molecule has 0 saturated carbocycles. The van der Waals surface area contributed by atoms with E-state index < -0.39 is 17.9 Å². The molecule has 0 aliphatic carbocycles. The fraction of sp³-hybridized carbons (Fsp3) is 0.333. The third kappa shape index (κ3) is 2.05. The van der Waals surface area contributed by atoms with Crippen molar-refractivity contribution in [3.63, 3.8) is 0 Å². The Morgan fingerprint density at radius 2 is 2.00 bits per heavy atom. The molecule has 2 rings (SSSR count). The lowest BCUT2D eigenvalue weighted by Gasteiger charge is -2.36. The summed E-state index contributed by atoms with van der Waals surface area (Å²) in [6.07, 6.45) is -5.96. The molecular weight excluding hydrogens is 263 g/mol. The third-order valence-electron chi connectivity index (χ3n) is 3.01. The van der Waals surface area contributed by atoms with Crippen LogP contribution in [0, 0.1) is 0 Å². The van der Waals surface area contributed by atoms with Gasteiger partial charge in [-0.2, -0.15) is 13.2 Å². The van der Waals surface area contributed by atoms with E-state index in [-0.39, 0.29) is 22.6 Å². The van der Waals surface area contributed by atoms with Gasteiger partial charge >= 0.3 is 12.3 Å². The maximum atomic E-state index is 13.1. The first kappa shape index (κ1) is 13.4. The van der Waals surface area contributed by atoms with E-state index in [0.29, 0.717) is 0 Å². The SMILES string of the molecule is CC(=O)c1ccc2c(c1)C(C)(C(F)(F)F)OC(=O)N2. The monoisotopic (exact) mass is 273 g/mol. The van der Waals surface area contributed by atoms with Crippen molar-refractivity contribution < 1.29 is 27.5 Å². The molecule has 1 aliphatic rings. The predicted molar refractivity (Wildman–Crippen MR) is 60.0 cm³/mol. The zero-order valence-electron chi connectivity index (χ0n) is 10.1. The van der Waals surface area contributed by atoms with Crippen LogP contribution in [0.15, 0.2) is 18.2 Å². The highest BCUT2D eigenvalue weighted by molar-refractivity contribution is 5.96. The number of alkyl halides is 3. The largest absolute Gasteiger partial charge is 0.432 e. The molecule has 4 nitrogen and oxygen atoms in total. The normalized spacial score (nSPS) is 22.3. The highest BCUT2D eigenvalue weighted by Crippen LogP contribution is 2.47. The number of benzene rings is 1. The van der Waals surface area contributed by atoms with E-state index in [0.717, 1.165) is 13.0 Å². The van der Waals surface area contributed by atoms with Crippen molar-refractivity contribution in [1.82, 2.24) is 0 Å². The van der Waals surface area contributed by atoms with Crippen molar-refractivity contribution in [3.05, 3.63) is 29.3 Å². The van der Waals surface area contributed by atoms with Gasteiger partial charge in [-0.25, -0.2) is 4.79 Å². The van der Waals surface area contributed by atoms with Crippen LogP contribution in [0.3, 0.4) is 0 Å². The lowest BCUT2D eigenvalue weighted by Crippen LogP contribution is -2.48. The van der Waals surface area contributed by atoms with Crippen molar-refractivity contribution in [2.45, 2.75) is 25.6 Å². The molecule has 1 aromatic rings. The molecule has 102 valence electrons. The summed E-state index contributed by atoms with van der Waals surface area (Å²) in [7, 11) is 0. The zero-order chi connectivity index (χ0) is 14.4. The van der Waals surface area contributed by atoms with Gasteiger partial charge in [-0.3, -0.25) is 10.1 Å². The smallest absolute Gasteiger partial charge is 0.428 e. The number of hydrogen-bond donors (Lipinski definition) is 1. The highest BCUT2D eigenvalue weighted by atomic mass is 19.4. The number of ketones is 1. The van der Waals surface area contributed by atoms with E-state index in [9.17, 15) is 22.8 Å². The number of hydrogen-bond acceptors (Lipinski definition) is 3. The van der Waals surface area contributed by atoms with Crippen molar-refractivity contribution >= 4 is 17.6 Å². The molecule has 1 heterocycles. The van der Waals surface area contributed by atoms with Gasteiger partial charge < -0.3 is 4.74 Å². The lowest BCUT2D eigenvalue weighted by molar-refractivity contribution is -0.257. The second kappa shape index (κ2) is 3.97. The van der Waals surface area contributed by atoms with Crippen molar-refractivity contribution in [1.29, 1.82) is 0 Å². The van der Waals surface area contributed by atoms with Gasteiger partial charge in [0, 0.05) is 11.1 Å². The van der Waals surface area contributed by atoms with Crippen molar-refractivity contribution in [3.8, 4) is 0 Å². The molecule has 1 aromatic carbocycles. The standard InChI is InChI=1S/C12H10F3NO3/c1-6(17)7-3-4-9-8(5-7)11(2,12(13,14)15)19-10(18)16-9/h3-5H,1-2H3,(H,16,18). The summed E-state index contributed by atoms with van der Waals surface area (Å²) in [4.78, 5) is 22.5. The minimum Gasteiger partial charge on any atom is -0.428 e. The zero-order valence-corrected chi connectivity index (χ0v) is 10.1. The summed E-state index contributed by atoms with van der Waals surface area (Å²) >= 11 is 0. The van der Waals surface area contributed by atoms with Crippen LogP contribution in [0.25, 0.3) is 0 Å². The van der Waals surface area contributed by atoms with E-state index in [2.05, 4.69) is 10.1 Å². The number of amides is 1. The fourth-order valence-corrected chi connectivity index (χ4v) is 1.85. The predicted octanol–water partition coefficient (Wildman–Crippen LogP) is 3.23. The summed E-state index contributed by atoms with van der Waals surface area (Å²) in [5, 5.41) is 2.18. The number of Topliss-reactive ketones (excluding diaryl/α,β-unsaturated/α-hetero) is 1. The molecule has 0 bridgehead atoms. The Morgan fingerprint density at radius 1 is 1.37 bits per heavy atom. The van der Waals surface area contributed by atoms with Crippen molar-refractivity contribution in [2.24, 2.45) is 0 Å². The Morgan fingerprint density at radius 3 is 2.53 bits per heavy atom. The van der Waals surface area contributed by atoms with Gasteiger partial charge in [0.25, 0.3) is 0 Å². The molecule has 0 radical (unpaired) electrons. The van der Waals surface area contributed by atoms with Crippen LogP contribution in [0.5, 0.6) is 0 Å². The molecule has 19 heavy (non-hydrogen) atoms. The minimum absolute atomic E-state index is 0.0129. The maximum Gasteiger partial charge on any atom is 0.432 e. The number of anilines is 1. The molecule has 1 amide bonds. The van der Waals surface area contributed by atoms with E-state index >= 15 is 0 Å². The average Bonchev–Trinajstić information content (AvgIpc) is 2.26. The van der Waals surface area contributed by atoms with E-state index in [1.165, 1.54) is 19.1 Å². The van der Waals surface area contributed by atoms with Gasteiger partial charge in [0.05, 0.1) is 5.69 Å². The minimum atomic E-state index is -4.78. The molecular formula is C12H10F3NO3. The lowest BCUT2D eigenvalue weighted by atomic mass is 9.90. The Bertz CT molecular complexity index is 568. The topological polar surface area (TPSA) is 55.4 Å². The van der Waals surface area contributed by atoms with Gasteiger partial charge in [0.2, 0.25) is 5.60 Å². The molecule has 0 spiro atoms. The van der Waals surface area contributed by atoms with Crippen LogP contribution in [-0.2, 0) is 10.3 Å². The van der Waals surface area contributed by atoms with Crippen LogP contribution in [0.4, 0.5) is 23.7 Å². The summed E-state index contributed by atoms with van der Waals surface area (Å²) in [5.74, 6) is -0.371. The quantitative estimate of drug-likeness (QED) is 0.799. The van der Waals surface area contributed by atoms with Gasteiger partial charge in [0.1, 0.15) is 0 Å². The van der Waals surface area contributed by atoms with Crippen LogP contribution in [0.2, 0.25) is 0 Å². The van der Waals surface area contributed by atoms with Crippen LogP contribution in [-0.4, -0.2) is 18.1 Å². The number of halogens is 3. The first-order valence-electron chi connectivity index (χ1n) is 5.37. The van der Waals surface area contributed by atoms with Gasteiger partial charge in [-0.15, -0.1) is 0 Å². The van der Waals surface area contributed by atoms with Gasteiger partial charge in [-0.1, -0.05) is 0 Å². The Hall–Kier alpha value is -2.05.